The van der Waals surface area contributed by atoms with Crippen molar-refractivity contribution in [3.63, 3.8) is 0 Å². The number of fused-ring (bicyclic) bond motifs is 1. The maximum absolute atomic E-state index is 11.5. The summed E-state index contributed by atoms with van der Waals surface area (Å²) in [5, 5.41) is 19.0. The van der Waals surface area contributed by atoms with E-state index in [9.17, 15) is 29.1 Å². The highest BCUT2D eigenvalue weighted by atomic mass is 16.7. The van der Waals surface area contributed by atoms with Gasteiger partial charge in [-0.1, -0.05) is 0 Å². The molecule has 12 nitrogen and oxygen atoms in total. The van der Waals surface area contributed by atoms with Gasteiger partial charge in [-0.3, -0.25) is 14.4 Å². The summed E-state index contributed by atoms with van der Waals surface area (Å²) in [4.78, 5) is 58.2. The van der Waals surface area contributed by atoms with E-state index in [0.717, 1.165) is 37.6 Å². The number of benzene rings is 2. The minimum Gasteiger partial charge on any atom is -0.507 e. The van der Waals surface area contributed by atoms with E-state index in [4.69, 9.17) is 9.52 Å². The standard InChI is InChI=1S/C14H15NO4.C11H15NO2.C6H8O4/c1-3-15(4-2)10-6-5-9-7-11(13(16)17)14(18)19-12(9)8-10;1-3-12(4-2)10-6-5-9(8-13)11(14)7-10;1-6(2)9-4(7)3-5(8)10-6/h5-8H,3-4H2,1-2H3,(H,16,17);5-8,14H,3-4H2,1-2H3;3H2,1-2H3. The quantitative estimate of drug-likeness (QED) is 0.160. The Morgan fingerprint density at radius 3 is 1.81 bits per heavy atom. The molecule has 2 aromatic carbocycles. The molecular weight excluding hydrogens is 560 g/mol. The summed E-state index contributed by atoms with van der Waals surface area (Å²) in [7, 11) is 0. The first-order valence-corrected chi connectivity index (χ1v) is 13.8. The van der Waals surface area contributed by atoms with E-state index in [1.807, 2.05) is 39.8 Å². The van der Waals surface area contributed by atoms with Crippen LogP contribution in [0.25, 0.3) is 11.0 Å². The predicted molar refractivity (Wildman–Crippen MR) is 161 cm³/mol. The van der Waals surface area contributed by atoms with Crippen molar-refractivity contribution < 1.29 is 43.3 Å². The minimum absolute atomic E-state index is 0.0457. The molecule has 1 saturated heterocycles. The number of carbonyl (C=O) groups excluding carboxylic acids is 3. The van der Waals surface area contributed by atoms with Crippen LogP contribution in [0.15, 0.2) is 51.7 Å². The van der Waals surface area contributed by atoms with Gasteiger partial charge in [0.05, 0.1) is 5.56 Å². The molecule has 43 heavy (non-hydrogen) atoms. The molecule has 0 aliphatic carbocycles. The third kappa shape index (κ3) is 9.59. The zero-order valence-electron chi connectivity index (χ0n) is 25.2. The van der Waals surface area contributed by atoms with Crippen molar-refractivity contribution in [2.45, 2.75) is 53.8 Å². The maximum atomic E-state index is 11.5. The number of aldehydes is 1. The first-order chi connectivity index (χ1) is 20.3. The lowest BCUT2D eigenvalue weighted by molar-refractivity contribution is -0.231. The van der Waals surface area contributed by atoms with Gasteiger partial charge < -0.3 is 33.9 Å². The normalized spacial score (nSPS) is 13.3. The molecule has 2 N–H and O–H groups in total. The number of esters is 2. The number of hydrogen-bond donors (Lipinski definition) is 2. The number of nitrogens with zero attached hydrogens (tertiary/aromatic N) is 2. The molecule has 1 aromatic heterocycles. The zero-order chi connectivity index (χ0) is 32.3. The summed E-state index contributed by atoms with van der Waals surface area (Å²) in [5.74, 6) is -3.36. The van der Waals surface area contributed by atoms with E-state index in [0.29, 0.717) is 22.8 Å². The van der Waals surface area contributed by atoms with Crippen molar-refractivity contribution in [2.24, 2.45) is 0 Å². The number of phenols is 1. The fourth-order valence-electron chi connectivity index (χ4n) is 4.21. The van der Waals surface area contributed by atoms with Gasteiger partial charge in [0.25, 0.3) is 5.79 Å². The maximum Gasteiger partial charge on any atom is 0.351 e. The number of aromatic hydroxyl groups is 1. The number of carbonyl (C=O) groups is 4. The molecule has 0 saturated carbocycles. The Hall–Kier alpha value is -4.87. The van der Waals surface area contributed by atoms with Gasteiger partial charge in [0, 0.05) is 68.9 Å². The van der Waals surface area contributed by atoms with Gasteiger partial charge in [-0.25, -0.2) is 9.59 Å². The molecule has 4 rings (SSSR count). The van der Waals surface area contributed by atoms with E-state index in [1.54, 1.807) is 24.3 Å². The van der Waals surface area contributed by atoms with Gasteiger partial charge in [0.2, 0.25) is 0 Å². The molecule has 0 unspecified atom stereocenters. The van der Waals surface area contributed by atoms with Crippen LogP contribution < -0.4 is 15.4 Å². The van der Waals surface area contributed by atoms with Crippen molar-refractivity contribution >= 4 is 46.5 Å². The molecule has 12 heteroatoms. The highest BCUT2D eigenvalue weighted by Gasteiger charge is 2.34. The summed E-state index contributed by atoms with van der Waals surface area (Å²) in [6.45, 7) is 14.7. The lowest BCUT2D eigenvalue weighted by Crippen LogP contribution is -2.39. The molecule has 0 amide bonds. The van der Waals surface area contributed by atoms with Crippen molar-refractivity contribution in [1.82, 2.24) is 0 Å². The fourth-order valence-corrected chi connectivity index (χ4v) is 4.21. The van der Waals surface area contributed by atoms with Crippen LogP contribution in [0.2, 0.25) is 0 Å². The monoisotopic (exact) mass is 598 g/mol. The van der Waals surface area contributed by atoms with Crippen molar-refractivity contribution in [1.29, 1.82) is 0 Å². The van der Waals surface area contributed by atoms with Gasteiger partial charge >= 0.3 is 23.5 Å². The van der Waals surface area contributed by atoms with E-state index >= 15 is 0 Å². The lowest BCUT2D eigenvalue weighted by Gasteiger charge is -2.28. The zero-order valence-corrected chi connectivity index (χ0v) is 25.2. The number of anilines is 2. The Kier molecular flexibility index (Phi) is 12.3. The van der Waals surface area contributed by atoms with Gasteiger partial charge in [-0.15, -0.1) is 0 Å². The van der Waals surface area contributed by atoms with Crippen LogP contribution in [-0.2, 0) is 19.1 Å². The Morgan fingerprint density at radius 2 is 1.37 bits per heavy atom. The molecule has 2 heterocycles. The van der Waals surface area contributed by atoms with Crippen LogP contribution in [0.4, 0.5) is 11.4 Å². The molecule has 0 radical (unpaired) electrons. The second kappa shape index (κ2) is 15.4. The number of carboxylic acid groups (broad SMARTS) is 1. The molecule has 1 fully saturated rings. The van der Waals surface area contributed by atoms with Crippen LogP contribution in [0.1, 0.15) is 68.7 Å². The van der Waals surface area contributed by atoms with E-state index in [2.05, 4.69) is 19.3 Å². The number of hydrogen-bond acceptors (Lipinski definition) is 11. The number of phenolic OH excluding ortho intramolecular Hbond substituents is 1. The molecule has 0 atom stereocenters. The van der Waals surface area contributed by atoms with Crippen molar-refractivity contribution in [2.75, 3.05) is 36.0 Å². The Balaban J connectivity index is 0.000000237. The SMILES string of the molecule is CC1(C)OC(=O)CC(=O)O1.CCN(CC)c1ccc(C=O)c(O)c1.CCN(CC)c1ccc2cc(C(=O)O)c(=O)oc2c1. The third-order valence-corrected chi connectivity index (χ3v) is 6.36. The van der Waals surface area contributed by atoms with Gasteiger partial charge in [0.1, 0.15) is 23.3 Å². The molecule has 3 aromatic rings. The summed E-state index contributed by atoms with van der Waals surface area (Å²) in [5.41, 5.74) is 1.46. The smallest absolute Gasteiger partial charge is 0.351 e. The van der Waals surface area contributed by atoms with Crippen molar-refractivity contribution in [3.8, 4) is 5.75 Å². The highest BCUT2D eigenvalue weighted by molar-refractivity contribution is 5.93. The average molecular weight is 599 g/mol. The van der Waals surface area contributed by atoms with Gasteiger partial charge in [-0.05, 0) is 58.0 Å². The summed E-state index contributed by atoms with van der Waals surface area (Å²) in [6.07, 6.45) is 0.380. The average Bonchev–Trinajstić information content (AvgIpc) is 2.93. The number of aromatic carboxylic acids is 1. The fraction of sp³-hybridized carbons (Fsp3) is 0.387. The van der Waals surface area contributed by atoms with Crippen LogP contribution in [0.3, 0.4) is 0 Å². The van der Waals surface area contributed by atoms with Crippen molar-refractivity contribution in [3.05, 3.63) is 64.0 Å². The summed E-state index contributed by atoms with van der Waals surface area (Å²) < 4.78 is 14.4. The van der Waals surface area contributed by atoms with Crippen LogP contribution in [0.5, 0.6) is 5.75 Å². The Labute approximate surface area is 249 Å². The minimum atomic E-state index is -1.27. The molecule has 0 bridgehead atoms. The number of cyclic esters (lactones) is 2. The molecule has 232 valence electrons. The number of carboxylic acids is 1. The Bertz CT molecular complexity index is 1490. The molecular formula is C31H38N2O10. The van der Waals surface area contributed by atoms with Crippen LogP contribution >= 0.6 is 0 Å². The molecule has 0 spiro atoms. The van der Waals surface area contributed by atoms with E-state index < -0.39 is 29.3 Å². The topological polar surface area (TPSA) is 164 Å². The lowest BCUT2D eigenvalue weighted by atomic mass is 10.1. The predicted octanol–water partition coefficient (Wildman–Crippen LogP) is 4.60. The second-order valence-electron chi connectivity index (χ2n) is 9.71. The van der Waals surface area contributed by atoms with Crippen LogP contribution in [-0.4, -0.2) is 66.4 Å². The molecule has 1 aliphatic rings. The van der Waals surface area contributed by atoms with E-state index in [-0.39, 0.29) is 17.7 Å². The number of rotatable bonds is 8. The van der Waals surface area contributed by atoms with Crippen LogP contribution in [0, 0.1) is 0 Å². The first-order valence-electron chi connectivity index (χ1n) is 13.8. The van der Waals surface area contributed by atoms with E-state index in [1.165, 1.54) is 19.9 Å². The second-order valence-corrected chi connectivity index (χ2v) is 9.71. The highest BCUT2D eigenvalue weighted by Crippen LogP contribution is 2.24. The number of ether oxygens (including phenoxy) is 2. The van der Waals surface area contributed by atoms with Gasteiger partial charge in [-0.2, -0.15) is 0 Å². The first kappa shape index (κ1) is 34.3. The third-order valence-electron chi connectivity index (χ3n) is 6.36. The largest absolute Gasteiger partial charge is 0.507 e. The Morgan fingerprint density at radius 1 is 0.860 bits per heavy atom. The molecule has 1 aliphatic heterocycles. The van der Waals surface area contributed by atoms with Gasteiger partial charge in [0.15, 0.2) is 6.29 Å². The summed E-state index contributed by atoms with van der Waals surface area (Å²) in [6, 6.07) is 11.9. The summed E-state index contributed by atoms with van der Waals surface area (Å²) >= 11 is 0.